The molecule has 4 heteroatoms. The van der Waals surface area contributed by atoms with Crippen LogP contribution in [0.25, 0.3) is 22.4 Å². The Labute approximate surface area is 137 Å². The van der Waals surface area contributed by atoms with Gasteiger partial charge in [-0.25, -0.2) is 4.98 Å². The largest absolute Gasteiger partial charge is 0.321 e. The third kappa shape index (κ3) is 2.54. The maximum Gasteiger partial charge on any atom is 0.141 e. The quantitative estimate of drug-likeness (QED) is 0.595. The Bertz CT molecular complexity index is 839. The number of imidazole rings is 1. The first-order chi connectivity index (χ1) is 10.1. The summed E-state index contributed by atoms with van der Waals surface area (Å²) in [6.07, 6.45) is 0. The van der Waals surface area contributed by atoms with Crippen molar-refractivity contribution in [3.05, 3.63) is 51.6 Å². The molecular weight excluding hydrogens is 373 g/mol. The maximum atomic E-state index is 9.04. The molecule has 0 N–H and O–H groups in total. The van der Waals surface area contributed by atoms with E-state index in [0.717, 1.165) is 22.4 Å². The van der Waals surface area contributed by atoms with Crippen LogP contribution < -0.4 is 0 Å². The topological polar surface area (TPSA) is 41.6 Å². The molecule has 0 aliphatic rings. The Hall–Kier alpha value is -1.87. The lowest BCUT2D eigenvalue weighted by atomic mass is 10.2. The van der Waals surface area contributed by atoms with Gasteiger partial charge in [0.1, 0.15) is 5.82 Å². The maximum absolute atomic E-state index is 9.04. The van der Waals surface area contributed by atoms with Crippen LogP contribution in [0.15, 0.2) is 42.5 Å². The molecule has 0 radical (unpaired) electrons. The summed E-state index contributed by atoms with van der Waals surface area (Å²) in [6, 6.07) is 16.5. The third-order valence-corrected chi connectivity index (χ3v) is 4.16. The zero-order valence-electron chi connectivity index (χ0n) is 11.8. The number of halogens is 1. The molecule has 104 valence electrons. The zero-order valence-corrected chi connectivity index (χ0v) is 14.0. The van der Waals surface area contributed by atoms with Gasteiger partial charge in [-0.05, 0) is 66.8 Å². The minimum Gasteiger partial charge on any atom is -0.321 e. The molecule has 0 bridgehead atoms. The summed E-state index contributed by atoms with van der Waals surface area (Å²) in [6.45, 7) is 4.30. The van der Waals surface area contributed by atoms with E-state index in [0.29, 0.717) is 11.6 Å². The Morgan fingerprint density at radius 1 is 1.14 bits per heavy atom. The highest BCUT2D eigenvalue weighted by atomic mass is 127. The van der Waals surface area contributed by atoms with Crippen molar-refractivity contribution >= 4 is 33.6 Å². The number of nitrogens with zero attached hydrogens (tertiary/aromatic N) is 3. The lowest BCUT2D eigenvalue weighted by Crippen LogP contribution is -2.03. The lowest BCUT2D eigenvalue weighted by molar-refractivity contribution is 0.624. The molecule has 1 aromatic heterocycles. The zero-order chi connectivity index (χ0) is 15.0. The minimum atomic E-state index is 0.303. The van der Waals surface area contributed by atoms with Gasteiger partial charge in [0.15, 0.2) is 0 Å². The van der Waals surface area contributed by atoms with Crippen molar-refractivity contribution in [1.29, 1.82) is 5.26 Å². The van der Waals surface area contributed by atoms with Gasteiger partial charge in [-0.15, -0.1) is 0 Å². The van der Waals surface area contributed by atoms with Crippen LogP contribution in [0, 0.1) is 14.9 Å². The predicted octanol–water partition coefficient (Wildman–Crippen LogP) is 4.76. The van der Waals surface area contributed by atoms with Crippen molar-refractivity contribution in [2.45, 2.75) is 19.9 Å². The molecule has 0 atom stereocenters. The van der Waals surface area contributed by atoms with E-state index >= 15 is 0 Å². The molecule has 2 aromatic carbocycles. The molecule has 3 nitrogen and oxygen atoms in total. The molecule has 0 unspecified atom stereocenters. The van der Waals surface area contributed by atoms with Gasteiger partial charge < -0.3 is 4.57 Å². The molecule has 0 spiro atoms. The molecule has 0 aliphatic heterocycles. The van der Waals surface area contributed by atoms with Crippen LogP contribution >= 0.6 is 22.6 Å². The number of nitriles is 1. The van der Waals surface area contributed by atoms with Crippen LogP contribution in [0.1, 0.15) is 25.5 Å². The summed E-state index contributed by atoms with van der Waals surface area (Å²) in [4.78, 5) is 4.75. The Balaban J connectivity index is 2.28. The first-order valence-corrected chi connectivity index (χ1v) is 7.86. The average molecular weight is 387 g/mol. The molecule has 1 heterocycles. The van der Waals surface area contributed by atoms with Crippen molar-refractivity contribution < 1.29 is 0 Å². The number of fused-ring (bicyclic) bond motifs is 1. The van der Waals surface area contributed by atoms with Crippen molar-refractivity contribution in [1.82, 2.24) is 9.55 Å². The fraction of sp³-hybridized carbons (Fsp3) is 0.176. The van der Waals surface area contributed by atoms with Gasteiger partial charge in [-0.2, -0.15) is 5.26 Å². The standard InChI is InChI=1S/C17H14IN3/c1-11(2)21-16-8-3-12(10-19)9-15(16)20-17(21)13-4-6-14(18)7-5-13/h3-9,11H,1-2H3. The molecule has 21 heavy (non-hydrogen) atoms. The molecule has 3 rings (SSSR count). The van der Waals surface area contributed by atoms with Gasteiger partial charge in [0.05, 0.1) is 22.7 Å². The van der Waals surface area contributed by atoms with E-state index in [2.05, 4.69) is 71.3 Å². The van der Waals surface area contributed by atoms with Crippen molar-refractivity contribution in [2.75, 3.05) is 0 Å². The first-order valence-electron chi connectivity index (χ1n) is 6.78. The summed E-state index contributed by atoms with van der Waals surface area (Å²) in [5.74, 6) is 0.950. The first kappa shape index (κ1) is 14.1. The Morgan fingerprint density at radius 2 is 1.86 bits per heavy atom. The number of aromatic nitrogens is 2. The van der Waals surface area contributed by atoms with Crippen molar-refractivity contribution in [3.8, 4) is 17.5 Å². The van der Waals surface area contributed by atoms with Crippen LogP contribution in [-0.2, 0) is 0 Å². The normalized spacial score (nSPS) is 11.0. The molecule has 0 saturated heterocycles. The lowest BCUT2D eigenvalue weighted by Gasteiger charge is -2.13. The number of benzene rings is 2. The van der Waals surface area contributed by atoms with E-state index in [-0.39, 0.29) is 0 Å². The summed E-state index contributed by atoms with van der Waals surface area (Å²) < 4.78 is 3.42. The van der Waals surface area contributed by atoms with Crippen LogP contribution in [0.3, 0.4) is 0 Å². The summed E-state index contributed by atoms with van der Waals surface area (Å²) in [7, 11) is 0. The minimum absolute atomic E-state index is 0.303. The van der Waals surface area contributed by atoms with E-state index in [1.807, 2.05) is 18.2 Å². The fourth-order valence-corrected chi connectivity index (χ4v) is 2.85. The van der Waals surface area contributed by atoms with Gasteiger partial charge in [0, 0.05) is 15.2 Å². The van der Waals surface area contributed by atoms with Crippen LogP contribution in [-0.4, -0.2) is 9.55 Å². The van der Waals surface area contributed by atoms with Gasteiger partial charge in [-0.1, -0.05) is 12.1 Å². The van der Waals surface area contributed by atoms with Crippen LogP contribution in [0.2, 0.25) is 0 Å². The SMILES string of the molecule is CC(C)n1c(-c2ccc(I)cc2)nc2cc(C#N)ccc21. The van der Waals surface area contributed by atoms with Crippen LogP contribution in [0.4, 0.5) is 0 Å². The second-order valence-corrected chi connectivity index (χ2v) is 6.47. The molecule has 0 amide bonds. The van der Waals surface area contributed by atoms with E-state index in [9.17, 15) is 0 Å². The number of hydrogen-bond donors (Lipinski definition) is 0. The molecule has 0 aliphatic carbocycles. The predicted molar refractivity (Wildman–Crippen MR) is 93.0 cm³/mol. The Morgan fingerprint density at radius 3 is 2.48 bits per heavy atom. The van der Waals surface area contributed by atoms with Gasteiger partial charge in [0.2, 0.25) is 0 Å². The summed E-state index contributed by atoms with van der Waals surface area (Å²) >= 11 is 2.30. The van der Waals surface area contributed by atoms with Gasteiger partial charge in [0.25, 0.3) is 0 Å². The highest BCUT2D eigenvalue weighted by Crippen LogP contribution is 2.29. The molecular formula is C17H14IN3. The second kappa shape index (κ2) is 5.49. The number of rotatable bonds is 2. The van der Waals surface area contributed by atoms with Crippen molar-refractivity contribution in [3.63, 3.8) is 0 Å². The van der Waals surface area contributed by atoms with E-state index in [1.165, 1.54) is 3.57 Å². The summed E-state index contributed by atoms with van der Waals surface area (Å²) in [5.41, 5.74) is 3.68. The fourth-order valence-electron chi connectivity index (χ4n) is 2.49. The highest BCUT2D eigenvalue weighted by molar-refractivity contribution is 14.1. The third-order valence-electron chi connectivity index (χ3n) is 3.44. The summed E-state index contributed by atoms with van der Waals surface area (Å²) in [5, 5.41) is 9.04. The van der Waals surface area contributed by atoms with Crippen LogP contribution in [0.5, 0.6) is 0 Å². The van der Waals surface area contributed by atoms with E-state index in [4.69, 9.17) is 10.2 Å². The number of hydrogen-bond acceptors (Lipinski definition) is 2. The second-order valence-electron chi connectivity index (χ2n) is 5.22. The van der Waals surface area contributed by atoms with Gasteiger partial charge in [-0.3, -0.25) is 0 Å². The molecule has 0 saturated carbocycles. The molecule has 0 fully saturated rings. The smallest absolute Gasteiger partial charge is 0.141 e. The van der Waals surface area contributed by atoms with E-state index < -0.39 is 0 Å². The average Bonchev–Trinajstić information content (AvgIpc) is 2.86. The van der Waals surface area contributed by atoms with E-state index in [1.54, 1.807) is 0 Å². The van der Waals surface area contributed by atoms with Gasteiger partial charge >= 0.3 is 0 Å². The Kier molecular flexibility index (Phi) is 3.68. The monoisotopic (exact) mass is 387 g/mol. The highest BCUT2D eigenvalue weighted by Gasteiger charge is 2.15. The molecule has 3 aromatic rings. The van der Waals surface area contributed by atoms with Crippen molar-refractivity contribution in [2.24, 2.45) is 0 Å².